The monoisotopic (exact) mass is 399 g/mol. The predicted octanol–water partition coefficient (Wildman–Crippen LogP) is 3.56. The molecule has 28 heavy (non-hydrogen) atoms. The Labute approximate surface area is 164 Å². The van der Waals surface area contributed by atoms with Crippen LogP contribution in [0.2, 0.25) is 0 Å². The standard InChI is InChI=1S/C19H17N3O5S/c1-4-9-21-14-10-15(26-2)16(27-3)11-17(14)28-19(21)20-18(23)12-5-7-13(8-6-12)22(24)25/h4-8,10-11H,1,9H2,2-3H3. The van der Waals surface area contributed by atoms with Gasteiger partial charge in [0.15, 0.2) is 16.3 Å². The summed E-state index contributed by atoms with van der Waals surface area (Å²) < 4.78 is 13.4. The van der Waals surface area contributed by atoms with E-state index in [4.69, 9.17) is 9.47 Å². The highest BCUT2D eigenvalue weighted by molar-refractivity contribution is 7.16. The second kappa shape index (κ2) is 8.05. The van der Waals surface area contributed by atoms with Crippen molar-refractivity contribution in [3.05, 3.63) is 69.5 Å². The lowest BCUT2D eigenvalue weighted by Gasteiger charge is -2.08. The van der Waals surface area contributed by atoms with Gasteiger partial charge in [0, 0.05) is 36.4 Å². The van der Waals surface area contributed by atoms with E-state index in [1.165, 1.54) is 35.6 Å². The van der Waals surface area contributed by atoms with Crippen LogP contribution < -0.4 is 14.3 Å². The number of nitro groups is 1. The number of rotatable bonds is 6. The number of nitrogens with zero attached hydrogens (tertiary/aromatic N) is 3. The van der Waals surface area contributed by atoms with E-state index in [2.05, 4.69) is 11.6 Å². The van der Waals surface area contributed by atoms with Gasteiger partial charge >= 0.3 is 0 Å². The average molecular weight is 399 g/mol. The molecule has 1 aromatic heterocycles. The number of hydrogen-bond donors (Lipinski definition) is 0. The molecule has 0 atom stereocenters. The molecule has 144 valence electrons. The molecule has 1 heterocycles. The third kappa shape index (κ3) is 3.65. The van der Waals surface area contributed by atoms with Gasteiger partial charge in [0.1, 0.15) is 0 Å². The van der Waals surface area contributed by atoms with E-state index < -0.39 is 10.8 Å². The highest BCUT2D eigenvalue weighted by Gasteiger charge is 2.14. The van der Waals surface area contributed by atoms with Gasteiger partial charge in [-0.2, -0.15) is 4.99 Å². The Bertz CT molecular complexity index is 1130. The smallest absolute Gasteiger partial charge is 0.279 e. The first-order chi connectivity index (χ1) is 13.5. The number of benzene rings is 2. The van der Waals surface area contributed by atoms with E-state index in [1.54, 1.807) is 20.3 Å². The average Bonchev–Trinajstić information content (AvgIpc) is 3.03. The molecule has 0 unspecified atom stereocenters. The number of amides is 1. The van der Waals surface area contributed by atoms with Crippen molar-refractivity contribution in [1.29, 1.82) is 0 Å². The summed E-state index contributed by atoms with van der Waals surface area (Å²) in [5.74, 6) is 0.660. The van der Waals surface area contributed by atoms with Gasteiger partial charge < -0.3 is 14.0 Å². The van der Waals surface area contributed by atoms with Crippen LogP contribution in [0.15, 0.2) is 54.0 Å². The molecule has 8 nitrogen and oxygen atoms in total. The summed E-state index contributed by atoms with van der Waals surface area (Å²) in [6.45, 7) is 4.21. The zero-order valence-electron chi connectivity index (χ0n) is 15.2. The first-order valence-corrected chi connectivity index (χ1v) is 9.00. The highest BCUT2D eigenvalue weighted by Crippen LogP contribution is 2.33. The summed E-state index contributed by atoms with van der Waals surface area (Å²) in [4.78, 5) is 27.5. The molecule has 1 amide bonds. The number of fused-ring (bicyclic) bond motifs is 1. The van der Waals surface area contributed by atoms with Gasteiger partial charge in [0.2, 0.25) is 0 Å². The van der Waals surface area contributed by atoms with Crippen molar-refractivity contribution in [3.8, 4) is 11.5 Å². The maximum Gasteiger partial charge on any atom is 0.279 e. The third-order valence-corrected chi connectivity index (χ3v) is 5.06. The molecule has 9 heteroatoms. The van der Waals surface area contributed by atoms with E-state index in [0.717, 1.165) is 10.2 Å². The molecule has 0 aliphatic carbocycles. The Kier molecular flexibility index (Phi) is 5.55. The molecule has 3 aromatic rings. The topological polar surface area (TPSA) is 96.0 Å². The van der Waals surface area contributed by atoms with Crippen molar-refractivity contribution in [2.45, 2.75) is 6.54 Å². The van der Waals surface area contributed by atoms with Gasteiger partial charge in [0.25, 0.3) is 11.6 Å². The minimum atomic E-state index is -0.518. The lowest BCUT2D eigenvalue weighted by Crippen LogP contribution is -2.16. The molecule has 0 aliphatic rings. The normalized spacial score (nSPS) is 11.4. The minimum Gasteiger partial charge on any atom is -0.493 e. The first-order valence-electron chi connectivity index (χ1n) is 8.18. The zero-order chi connectivity index (χ0) is 20.3. The molecule has 0 N–H and O–H groups in total. The lowest BCUT2D eigenvalue weighted by molar-refractivity contribution is -0.384. The number of allylic oxidation sites excluding steroid dienone is 1. The lowest BCUT2D eigenvalue weighted by atomic mass is 10.2. The van der Waals surface area contributed by atoms with Crippen molar-refractivity contribution < 1.29 is 19.2 Å². The number of non-ortho nitro benzene ring substituents is 1. The predicted molar refractivity (Wildman–Crippen MR) is 106 cm³/mol. The zero-order valence-corrected chi connectivity index (χ0v) is 16.1. The maximum atomic E-state index is 12.6. The van der Waals surface area contributed by atoms with E-state index in [9.17, 15) is 14.9 Å². The molecule has 2 aromatic carbocycles. The maximum absolute atomic E-state index is 12.6. The Hall–Kier alpha value is -3.46. The van der Waals surface area contributed by atoms with Gasteiger partial charge in [-0.05, 0) is 12.1 Å². The third-order valence-electron chi connectivity index (χ3n) is 4.02. The fourth-order valence-electron chi connectivity index (χ4n) is 2.66. The number of carbonyl (C=O) groups is 1. The summed E-state index contributed by atoms with van der Waals surface area (Å²) in [7, 11) is 3.11. The number of methoxy groups -OCH3 is 2. The molecular formula is C19H17N3O5S. The van der Waals surface area contributed by atoms with Gasteiger partial charge in [0.05, 0.1) is 29.4 Å². The van der Waals surface area contributed by atoms with Gasteiger partial charge in [-0.3, -0.25) is 14.9 Å². The van der Waals surface area contributed by atoms with Crippen molar-refractivity contribution >= 4 is 33.1 Å². The number of ether oxygens (including phenoxy) is 2. The Morgan fingerprint density at radius 2 is 1.89 bits per heavy atom. The molecule has 0 spiro atoms. The molecule has 0 radical (unpaired) electrons. The second-order valence-corrected chi connectivity index (χ2v) is 6.69. The van der Waals surface area contributed by atoms with Crippen LogP contribution in [0.25, 0.3) is 10.2 Å². The van der Waals surface area contributed by atoms with Crippen LogP contribution >= 0.6 is 11.3 Å². The van der Waals surface area contributed by atoms with Crippen molar-refractivity contribution in [3.63, 3.8) is 0 Å². The first kappa shape index (κ1) is 19.3. The fraction of sp³-hybridized carbons (Fsp3) is 0.158. The molecule has 0 saturated heterocycles. The summed E-state index contributed by atoms with van der Waals surface area (Å²) in [5.41, 5.74) is 1.01. The fourth-order valence-corrected chi connectivity index (χ4v) is 3.71. The highest BCUT2D eigenvalue weighted by atomic mass is 32.1. The van der Waals surface area contributed by atoms with Crippen LogP contribution in [-0.2, 0) is 6.54 Å². The molecule has 0 bridgehead atoms. The molecule has 0 fully saturated rings. The van der Waals surface area contributed by atoms with E-state index in [-0.39, 0.29) is 11.3 Å². The number of carbonyl (C=O) groups excluding carboxylic acids is 1. The van der Waals surface area contributed by atoms with Gasteiger partial charge in [-0.25, -0.2) is 0 Å². The quantitative estimate of drug-likeness (QED) is 0.359. The van der Waals surface area contributed by atoms with Crippen LogP contribution in [0, 0.1) is 10.1 Å². The van der Waals surface area contributed by atoms with Crippen molar-refractivity contribution in [1.82, 2.24) is 4.57 Å². The number of aromatic nitrogens is 1. The molecule has 0 saturated carbocycles. The number of hydrogen-bond acceptors (Lipinski definition) is 6. The van der Waals surface area contributed by atoms with Crippen LogP contribution in [0.1, 0.15) is 10.4 Å². The second-order valence-electron chi connectivity index (χ2n) is 5.68. The van der Waals surface area contributed by atoms with Crippen LogP contribution in [0.3, 0.4) is 0 Å². The summed E-state index contributed by atoms with van der Waals surface area (Å²) in [6.07, 6.45) is 1.71. The van der Waals surface area contributed by atoms with Gasteiger partial charge in [-0.1, -0.05) is 17.4 Å². The van der Waals surface area contributed by atoms with E-state index in [0.29, 0.717) is 22.8 Å². The Morgan fingerprint density at radius 1 is 1.25 bits per heavy atom. The van der Waals surface area contributed by atoms with Crippen LogP contribution in [0.5, 0.6) is 11.5 Å². The van der Waals surface area contributed by atoms with Crippen LogP contribution in [0.4, 0.5) is 5.69 Å². The van der Waals surface area contributed by atoms with Gasteiger partial charge in [-0.15, -0.1) is 6.58 Å². The molecule has 0 aliphatic heterocycles. The largest absolute Gasteiger partial charge is 0.493 e. The Morgan fingerprint density at radius 3 is 2.46 bits per heavy atom. The summed E-state index contributed by atoms with van der Waals surface area (Å²) in [6, 6.07) is 8.99. The Balaban J connectivity index is 2.12. The van der Waals surface area contributed by atoms with Crippen LogP contribution in [-0.4, -0.2) is 29.6 Å². The van der Waals surface area contributed by atoms with Crippen molar-refractivity contribution in [2.24, 2.45) is 4.99 Å². The van der Waals surface area contributed by atoms with Crippen molar-refractivity contribution in [2.75, 3.05) is 14.2 Å². The number of nitro benzene ring substituents is 1. The summed E-state index contributed by atoms with van der Waals surface area (Å²) in [5, 5.41) is 10.8. The molecular weight excluding hydrogens is 382 g/mol. The van der Waals surface area contributed by atoms with E-state index >= 15 is 0 Å². The molecule has 3 rings (SSSR count). The SMILES string of the molecule is C=CCn1c(=NC(=O)c2ccc([N+](=O)[O-])cc2)sc2cc(OC)c(OC)cc21. The van der Waals surface area contributed by atoms with E-state index in [1.807, 2.05) is 16.7 Å². The minimum absolute atomic E-state index is 0.0840. The number of thiazole rings is 1. The summed E-state index contributed by atoms with van der Waals surface area (Å²) >= 11 is 1.33.